The second kappa shape index (κ2) is 8.91. The van der Waals surface area contributed by atoms with Gasteiger partial charge in [-0.05, 0) is 42.3 Å². The molecule has 0 atom stereocenters. The third kappa shape index (κ3) is 5.23. The minimum atomic E-state index is -0.276. The van der Waals surface area contributed by atoms with Crippen LogP contribution in [-0.2, 0) is 16.0 Å². The van der Waals surface area contributed by atoms with E-state index < -0.39 is 0 Å². The molecule has 0 radical (unpaired) electrons. The van der Waals surface area contributed by atoms with E-state index >= 15 is 0 Å². The number of nitrogens with one attached hydrogen (secondary N) is 1. The fourth-order valence-electron chi connectivity index (χ4n) is 3.16. The van der Waals surface area contributed by atoms with Crippen LogP contribution in [0.15, 0.2) is 48.5 Å². The number of hydrogen-bond acceptors (Lipinski definition) is 3. The second-order valence-electron chi connectivity index (χ2n) is 6.62. The number of halogens is 1. The number of piperazine rings is 1. The van der Waals surface area contributed by atoms with Gasteiger partial charge in [-0.3, -0.25) is 9.59 Å². The van der Waals surface area contributed by atoms with Crippen molar-refractivity contribution >= 4 is 34.8 Å². The van der Waals surface area contributed by atoms with Gasteiger partial charge in [0.2, 0.25) is 11.8 Å². The van der Waals surface area contributed by atoms with E-state index in [0.29, 0.717) is 18.1 Å². The number of aryl methyl sites for hydroxylation is 1. The molecule has 0 saturated carbocycles. The summed E-state index contributed by atoms with van der Waals surface area (Å²) in [6, 6.07) is 15.4. The van der Waals surface area contributed by atoms with Crippen molar-refractivity contribution in [3.05, 3.63) is 59.1 Å². The molecule has 142 valence electrons. The Morgan fingerprint density at radius 2 is 1.74 bits per heavy atom. The third-order valence-electron chi connectivity index (χ3n) is 4.76. The van der Waals surface area contributed by atoms with E-state index in [1.165, 1.54) is 5.56 Å². The SMILES string of the molecule is CCc1ccc(NC(=O)CC(=O)N2CCN(c3cccc(Cl)c3)CC2)cc1. The molecule has 0 bridgehead atoms. The molecule has 1 saturated heterocycles. The summed E-state index contributed by atoms with van der Waals surface area (Å²) in [6.07, 6.45) is 0.820. The van der Waals surface area contributed by atoms with E-state index in [0.717, 1.165) is 30.9 Å². The Kier molecular flexibility index (Phi) is 6.35. The molecular formula is C21H24ClN3O2. The Bertz CT molecular complexity index is 799. The molecule has 1 N–H and O–H groups in total. The number of carbonyl (C=O) groups excluding carboxylic acids is 2. The Balaban J connectivity index is 1.48. The zero-order chi connectivity index (χ0) is 19.2. The van der Waals surface area contributed by atoms with Gasteiger partial charge >= 0.3 is 0 Å². The maximum absolute atomic E-state index is 12.4. The molecule has 27 heavy (non-hydrogen) atoms. The Hall–Kier alpha value is -2.53. The fraction of sp³-hybridized carbons (Fsp3) is 0.333. The minimum Gasteiger partial charge on any atom is -0.368 e. The van der Waals surface area contributed by atoms with Crippen molar-refractivity contribution in [1.82, 2.24) is 4.90 Å². The lowest BCUT2D eigenvalue weighted by Crippen LogP contribution is -2.49. The highest BCUT2D eigenvalue weighted by Crippen LogP contribution is 2.21. The van der Waals surface area contributed by atoms with E-state index in [2.05, 4.69) is 17.1 Å². The summed E-state index contributed by atoms with van der Waals surface area (Å²) >= 11 is 6.05. The Morgan fingerprint density at radius 3 is 2.37 bits per heavy atom. The maximum Gasteiger partial charge on any atom is 0.233 e. The van der Waals surface area contributed by atoms with Crippen LogP contribution in [0.3, 0.4) is 0 Å². The van der Waals surface area contributed by atoms with E-state index in [1.54, 1.807) is 4.90 Å². The average Bonchev–Trinajstić information content (AvgIpc) is 2.68. The number of amides is 2. The Morgan fingerprint density at radius 1 is 1.04 bits per heavy atom. The van der Waals surface area contributed by atoms with Crippen LogP contribution in [0.2, 0.25) is 5.02 Å². The van der Waals surface area contributed by atoms with Gasteiger partial charge in [0.15, 0.2) is 0 Å². The van der Waals surface area contributed by atoms with E-state index in [-0.39, 0.29) is 18.2 Å². The van der Waals surface area contributed by atoms with Gasteiger partial charge in [0.25, 0.3) is 0 Å². The predicted octanol–water partition coefficient (Wildman–Crippen LogP) is 3.58. The molecule has 1 fully saturated rings. The smallest absolute Gasteiger partial charge is 0.233 e. The van der Waals surface area contributed by atoms with Crippen molar-refractivity contribution in [2.24, 2.45) is 0 Å². The average molecular weight is 386 g/mol. The van der Waals surface area contributed by atoms with Gasteiger partial charge in [-0.1, -0.05) is 36.7 Å². The zero-order valence-electron chi connectivity index (χ0n) is 15.5. The standard InChI is InChI=1S/C21H24ClN3O2/c1-2-16-6-8-18(9-7-16)23-20(26)15-21(27)25-12-10-24(11-13-25)19-5-3-4-17(22)14-19/h3-9,14H,2,10-13,15H2,1H3,(H,23,26). The lowest BCUT2D eigenvalue weighted by atomic mass is 10.1. The van der Waals surface area contributed by atoms with Gasteiger partial charge < -0.3 is 15.1 Å². The molecule has 2 amide bonds. The summed E-state index contributed by atoms with van der Waals surface area (Å²) in [7, 11) is 0. The molecule has 0 aliphatic carbocycles. The van der Waals surface area contributed by atoms with Crippen molar-refractivity contribution < 1.29 is 9.59 Å². The summed E-state index contributed by atoms with van der Waals surface area (Å²) in [5.41, 5.74) is 2.99. The van der Waals surface area contributed by atoms with Gasteiger partial charge in [0.1, 0.15) is 6.42 Å². The Labute approximate surface area is 164 Å². The van der Waals surface area contributed by atoms with E-state index in [1.807, 2.05) is 48.5 Å². The summed E-state index contributed by atoms with van der Waals surface area (Å²) in [4.78, 5) is 28.5. The largest absolute Gasteiger partial charge is 0.368 e. The molecule has 1 aliphatic heterocycles. The summed E-state index contributed by atoms with van der Waals surface area (Å²) < 4.78 is 0. The monoisotopic (exact) mass is 385 g/mol. The normalized spacial score (nSPS) is 14.1. The fourth-order valence-corrected chi connectivity index (χ4v) is 3.35. The minimum absolute atomic E-state index is 0.132. The molecule has 1 heterocycles. The van der Waals surface area contributed by atoms with Crippen LogP contribution in [0.5, 0.6) is 0 Å². The third-order valence-corrected chi connectivity index (χ3v) is 5.00. The first-order valence-corrected chi connectivity index (χ1v) is 9.60. The van der Waals surface area contributed by atoms with E-state index in [9.17, 15) is 9.59 Å². The number of carbonyl (C=O) groups is 2. The van der Waals surface area contributed by atoms with Gasteiger partial charge in [-0.15, -0.1) is 0 Å². The summed E-state index contributed by atoms with van der Waals surface area (Å²) in [6.45, 7) is 4.74. The molecule has 0 aromatic heterocycles. The lowest BCUT2D eigenvalue weighted by molar-refractivity contribution is -0.134. The summed E-state index contributed by atoms with van der Waals surface area (Å²) in [5, 5.41) is 3.50. The molecule has 2 aromatic rings. The van der Waals surface area contributed by atoms with Crippen LogP contribution in [0.1, 0.15) is 18.9 Å². The first-order valence-electron chi connectivity index (χ1n) is 9.22. The second-order valence-corrected chi connectivity index (χ2v) is 7.06. The van der Waals surface area contributed by atoms with Crippen molar-refractivity contribution in [3.8, 4) is 0 Å². The number of hydrogen-bond donors (Lipinski definition) is 1. The number of anilines is 2. The highest BCUT2D eigenvalue weighted by Gasteiger charge is 2.23. The maximum atomic E-state index is 12.4. The van der Waals surface area contributed by atoms with Gasteiger partial charge in [0.05, 0.1) is 0 Å². The molecule has 2 aromatic carbocycles. The molecule has 6 heteroatoms. The van der Waals surface area contributed by atoms with Gasteiger partial charge in [-0.25, -0.2) is 0 Å². The van der Waals surface area contributed by atoms with Crippen LogP contribution in [0.4, 0.5) is 11.4 Å². The van der Waals surface area contributed by atoms with Crippen molar-refractivity contribution in [1.29, 1.82) is 0 Å². The molecule has 0 unspecified atom stereocenters. The summed E-state index contributed by atoms with van der Waals surface area (Å²) in [5.74, 6) is -0.412. The van der Waals surface area contributed by atoms with Gasteiger partial charge in [-0.2, -0.15) is 0 Å². The number of rotatable bonds is 5. The van der Waals surface area contributed by atoms with Crippen molar-refractivity contribution in [3.63, 3.8) is 0 Å². The lowest BCUT2D eigenvalue weighted by Gasteiger charge is -2.36. The highest BCUT2D eigenvalue weighted by molar-refractivity contribution is 6.30. The van der Waals surface area contributed by atoms with Crippen LogP contribution >= 0.6 is 11.6 Å². The first-order chi connectivity index (χ1) is 13.0. The molecule has 0 spiro atoms. The van der Waals surface area contributed by atoms with Crippen LogP contribution in [0, 0.1) is 0 Å². The van der Waals surface area contributed by atoms with Crippen LogP contribution in [0.25, 0.3) is 0 Å². The zero-order valence-corrected chi connectivity index (χ0v) is 16.2. The van der Waals surface area contributed by atoms with E-state index in [4.69, 9.17) is 11.6 Å². The first kappa shape index (κ1) is 19.2. The van der Waals surface area contributed by atoms with Crippen LogP contribution < -0.4 is 10.2 Å². The molecule has 5 nitrogen and oxygen atoms in total. The molecule has 3 rings (SSSR count). The van der Waals surface area contributed by atoms with Crippen molar-refractivity contribution in [2.45, 2.75) is 19.8 Å². The van der Waals surface area contributed by atoms with Crippen LogP contribution in [-0.4, -0.2) is 42.9 Å². The number of benzene rings is 2. The number of nitrogens with zero attached hydrogens (tertiary/aromatic N) is 2. The topological polar surface area (TPSA) is 52.7 Å². The quantitative estimate of drug-likeness (QED) is 0.800. The molecule has 1 aliphatic rings. The van der Waals surface area contributed by atoms with Gasteiger partial charge in [0, 0.05) is 42.6 Å². The predicted molar refractivity (Wildman–Crippen MR) is 109 cm³/mol. The van der Waals surface area contributed by atoms with Crippen molar-refractivity contribution in [2.75, 3.05) is 36.4 Å². The molecular weight excluding hydrogens is 362 g/mol. The highest BCUT2D eigenvalue weighted by atomic mass is 35.5.